The van der Waals surface area contributed by atoms with Gasteiger partial charge in [-0.05, 0) is 6.92 Å². The van der Waals surface area contributed by atoms with Gasteiger partial charge in [0.25, 0.3) is 0 Å². The van der Waals surface area contributed by atoms with Crippen LogP contribution in [0.3, 0.4) is 0 Å². The maximum absolute atomic E-state index is 10.5. The average molecular weight is 190 g/mol. The molecule has 0 radical (unpaired) electrons. The third-order valence-corrected chi connectivity index (χ3v) is 0.755. The molecule has 0 N–H and O–H groups in total. The van der Waals surface area contributed by atoms with Gasteiger partial charge in [-0.15, -0.1) is 0 Å². The third-order valence-electron chi connectivity index (χ3n) is 0.755. The molecule has 11 heavy (non-hydrogen) atoms. The molecule has 0 aromatic carbocycles. The van der Waals surface area contributed by atoms with Crippen LogP contribution in [0.5, 0.6) is 0 Å². The van der Waals surface area contributed by atoms with Crippen LogP contribution in [0, 0.1) is 0 Å². The number of ether oxygens (including phenoxy) is 1. The molecule has 0 heterocycles. The normalized spacial score (nSPS) is 7.73. The summed E-state index contributed by atoms with van der Waals surface area (Å²) in [6, 6.07) is 0. The Balaban J connectivity index is 0. The standard InChI is InChI=1S/C7H10O3.Ti/c1-3-4-10-7(9)5-6(2)8;/h3H,1,4-5H2,2H3;. The van der Waals surface area contributed by atoms with Crippen molar-refractivity contribution in [3.05, 3.63) is 12.7 Å². The zero-order valence-corrected chi connectivity index (χ0v) is 7.98. The first-order chi connectivity index (χ1) is 4.66. The Morgan fingerprint density at radius 2 is 2.09 bits per heavy atom. The smallest absolute Gasteiger partial charge is 0.313 e. The van der Waals surface area contributed by atoms with Gasteiger partial charge in [0, 0.05) is 21.7 Å². The van der Waals surface area contributed by atoms with E-state index in [-0.39, 0.29) is 40.5 Å². The van der Waals surface area contributed by atoms with E-state index in [0.717, 1.165) is 0 Å². The summed E-state index contributed by atoms with van der Waals surface area (Å²) in [6.45, 7) is 4.86. The molecule has 0 aliphatic carbocycles. The van der Waals surface area contributed by atoms with E-state index < -0.39 is 5.97 Å². The molecule has 60 valence electrons. The molecule has 0 aliphatic heterocycles. The zero-order valence-electron chi connectivity index (χ0n) is 6.42. The Labute approximate surface area is 80.7 Å². The Morgan fingerprint density at radius 3 is 2.45 bits per heavy atom. The third kappa shape index (κ3) is 9.59. The predicted octanol–water partition coefficient (Wildman–Crippen LogP) is 0.692. The molecule has 0 aromatic heterocycles. The van der Waals surface area contributed by atoms with E-state index in [0.29, 0.717) is 0 Å². The van der Waals surface area contributed by atoms with Crippen LogP contribution < -0.4 is 0 Å². The first kappa shape index (κ1) is 13.2. The molecule has 0 fully saturated rings. The number of carbonyl (C=O) groups excluding carboxylic acids is 2. The monoisotopic (exact) mass is 190 g/mol. The summed E-state index contributed by atoms with van der Waals surface area (Å²) in [4.78, 5) is 20.8. The van der Waals surface area contributed by atoms with Crippen molar-refractivity contribution in [3.8, 4) is 0 Å². The fraction of sp³-hybridized carbons (Fsp3) is 0.429. The molecule has 3 nitrogen and oxygen atoms in total. The molecule has 0 spiro atoms. The number of Topliss-reactive ketones (excluding diaryl/α,β-unsaturated/α-hetero) is 1. The van der Waals surface area contributed by atoms with Gasteiger partial charge in [-0.2, -0.15) is 0 Å². The van der Waals surface area contributed by atoms with Crippen LogP contribution in [-0.2, 0) is 36.0 Å². The van der Waals surface area contributed by atoms with E-state index >= 15 is 0 Å². The van der Waals surface area contributed by atoms with Crippen LogP contribution in [0.15, 0.2) is 12.7 Å². The molecular weight excluding hydrogens is 180 g/mol. The summed E-state index contributed by atoms with van der Waals surface area (Å²) in [5, 5.41) is 0. The minimum absolute atomic E-state index is 0. The zero-order chi connectivity index (χ0) is 7.98. The van der Waals surface area contributed by atoms with E-state index in [9.17, 15) is 9.59 Å². The molecule has 0 saturated heterocycles. The molecule has 0 saturated carbocycles. The summed E-state index contributed by atoms with van der Waals surface area (Å²) in [5.74, 6) is -0.679. The van der Waals surface area contributed by atoms with Crippen molar-refractivity contribution in [2.45, 2.75) is 13.3 Å². The summed E-state index contributed by atoms with van der Waals surface area (Å²) < 4.78 is 4.52. The van der Waals surface area contributed by atoms with Crippen molar-refractivity contribution in [2.75, 3.05) is 6.61 Å². The van der Waals surface area contributed by atoms with Crippen molar-refractivity contribution < 1.29 is 36.0 Å². The molecule has 0 aromatic rings. The summed E-state index contributed by atoms with van der Waals surface area (Å²) in [5.41, 5.74) is 0. The Bertz CT molecular complexity index is 154. The van der Waals surface area contributed by atoms with E-state index in [2.05, 4.69) is 11.3 Å². The second-order valence-corrected chi connectivity index (χ2v) is 1.85. The number of hydrogen-bond donors (Lipinski definition) is 0. The van der Waals surface area contributed by atoms with Gasteiger partial charge in [0.15, 0.2) is 0 Å². The molecular formula is C7H10O3Ti. The minimum Gasteiger partial charge on any atom is -0.461 e. The van der Waals surface area contributed by atoms with E-state index in [4.69, 9.17) is 0 Å². The molecule has 0 rings (SSSR count). The predicted molar refractivity (Wildman–Crippen MR) is 36.5 cm³/mol. The van der Waals surface area contributed by atoms with Crippen molar-refractivity contribution in [2.24, 2.45) is 0 Å². The first-order valence-electron chi connectivity index (χ1n) is 2.92. The quantitative estimate of drug-likeness (QED) is 0.283. The SMILES string of the molecule is C=CCOC(=O)CC(C)=O.[Ti]. The van der Waals surface area contributed by atoms with Crippen molar-refractivity contribution in [1.29, 1.82) is 0 Å². The largest absolute Gasteiger partial charge is 0.461 e. The van der Waals surface area contributed by atoms with Gasteiger partial charge in [0.1, 0.15) is 18.8 Å². The van der Waals surface area contributed by atoms with Gasteiger partial charge < -0.3 is 4.74 Å². The van der Waals surface area contributed by atoms with Crippen molar-refractivity contribution >= 4 is 11.8 Å². The van der Waals surface area contributed by atoms with Gasteiger partial charge in [0.05, 0.1) is 0 Å². The Hall–Kier alpha value is -0.406. The van der Waals surface area contributed by atoms with Crippen molar-refractivity contribution in [1.82, 2.24) is 0 Å². The van der Waals surface area contributed by atoms with Crippen LogP contribution in [0.4, 0.5) is 0 Å². The second kappa shape index (κ2) is 7.70. The number of esters is 1. The molecule has 0 unspecified atom stereocenters. The van der Waals surface area contributed by atoms with Gasteiger partial charge in [-0.3, -0.25) is 9.59 Å². The molecule has 0 aliphatic rings. The fourth-order valence-corrected chi connectivity index (χ4v) is 0.406. The van der Waals surface area contributed by atoms with Gasteiger partial charge in [-0.25, -0.2) is 0 Å². The molecule has 0 amide bonds. The van der Waals surface area contributed by atoms with E-state index in [1.165, 1.54) is 13.0 Å². The number of hydrogen-bond acceptors (Lipinski definition) is 3. The average Bonchev–Trinajstić information content (AvgIpc) is 1.82. The topological polar surface area (TPSA) is 43.4 Å². The van der Waals surface area contributed by atoms with Gasteiger partial charge in [-0.1, -0.05) is 12.7 Å². The van der Waals surface area contributed by atoms with E-state index in [1.807, 2.05) is 0 Å². The number of ketones is 1. The molecule has 4 heteroatoms. The fourth-order valence-electron chi connectivity index (χ4n) is 0.406. The maximum Gasteiger partial charge on any atom is 0.313 e. The minimum atomic E-state index is -0.493. The number of carbonyl (C=O) groups is 2. The van der Waals surface area contributed by atoms with E-state index in [1.54, 1.807) is 0 Å². The Kier molecular flexibility index (Phi) is 9.24. The second-order valence-electron chi connectivity index (χ2n) is 1.85. The summed E-state index contributed by atoms with van der Waals surface area (Å²) >= 11 is 0. The van der Waals surface area contributed by atoms with Crippen LogP contribution in [0.2, 0.25) is 0 Å². The first-order valence-corrected chi connectivity index (χ1v) is 2.92. The maximum atomic E-state index is 10.5. The van der Waals surface area contributed by atoms with Crippen molar-refractivity contribution in [3.63, 3.8) is 0 Å². The summed E-state index contributed by atoms with van der Waals surface area (Å²) in [6.07, 6.45) is 1.31. The molecule has 0 bridgehead atoms. The Morgan fingerprint density at radius 1 is 1.55 bits per heavy atom. The van der Waals surface area contributed by atoms with Crippen LogP contribution in [0.25, 0.3) is 0 Å². The summed E-state index contributed by atoms with van der Waals surface area (Å²) in [7, 11) is 0. The van der Waals surface area contributed by atoms with Gasteiger partial charge in [0.2, 0.25) is 0 Å². The van der Waals surface area contributed by atoms with Crippen LogP contribution in [-0.4, -0.2) is 18.4 Å². The van der Waals surface area contributed by atoms with Crippen LogP contribution in [0.1, 0.15) is 13.3 Å². The number of rotatable bonds is 4. The van der Waals surface area contributed by atoms with Gasteiger partial charge >= 0.3 is 5.97 Å². The van der Waals surface area contributed by atoms with Crippen LogP contribution >= 0.6 is 0 Å². The molecule has 0 atom stereocenters.